The van der Waals surface area contributed by atoms with Crippen LogP contribution in [0.3, 0.4) is 0 Å². The number of aromatic nitrogens is 1. The van der Waals surface area contributed by atoms with E-state index in [9.17, 15) is 27.1 Å². The lowest BCUT2D eigenvalue weighted by Crippen LogP contribution is -2.23. The van der Waals surface area contributed by atoms with Gasteiger partial charge in [0, 0.05) is 11.6 Å². The van der Waals surface area contributed by atoms with Crippen molar-refractivity contribution in [3.8, 4) is 11.3 Å². The monoisotopic (exact) mass is 369 g/mol. The van der Waals surface area contributed by atoms with E-state index in [1.807, 2.05) is 0 Å². The standard InChI is InChI=1S/C18H12F5NO2/c19-17(20,15-10-14(24-26-15)11-4-2-1-3-5-11)16(25)12-6-8-13(9-7-12)18(21,22)23/h1-10,16,25H. The normalized spacial score (nSPS) is 13.6. The Hall–Kier alpha value is -2.74. The molecule has 0 saturated carbocycles. The highest BCUT2D eigenvalue weighted by molar-refractivity contribution is 5.58. The van der Waals surface area contributed by atoms with Crippen LogP contribution in [0.25, 0.3) is 11.3 Å². The number of halogens is 5. The molecule has 0 aliphatic carbocycles. The van der Waals surface area contributed by atoms with Gasteiger partial charge in [0.25, 0.3) is 0 Å². The molecular weight excluding hydrogens is 357 g/mol. The van der Waals surface area contributed by atoms with Gasteiger partial charge < -0.3 is 9.63 Å². The van der Waals surface area contributed by atoms with Crippen molar-refractivity contribution >= 4 is 0 Å². The molecule has 0 aliphatic heterocycles. The van der Waals surface area contributed by atoms with Gasteiger partial charge in [0.2, 0.25) is 5.76 Å². The maximum absolute atomic E-state index is 14.5. The number of nitrogens with zero attached hydrogens (tertiary/aromatic N) is 1. The fourth-order valence-corrected chi connectivity index (χ4v) is 2.38. The highest BCUT2D eigenvalue weighted by atomic mass is 19.4. The summed E-state index contributed by atoms with van der Waals surface area (Å²) in [5.74, 6) is -4.76. The van der Waals surface area contributed by atoms with Crippen molar-refractivity contribution in [3.05, 3.63) is 77.6 Å². The lowest BCUT2D eigenvalue weighted by atomic mass is 9.99. The molecule has 26 heavy (non-hydrogen) atoms. The van der Waals surface area contributed by atoms with Crippen molar-refractivity contribution in [2.75, 3.05) is 0 Å². The van der Waals surface area contributed by atoms with Crippen molar-refractivity contribution in [1.29, 1.82) is 0 Å². The molecule has 1 N–H and O–H groups in total. The molecule has 1 aromatic heterocycles. The zero-order valence-corrected chi connectivity index (χ0v) is 13.0. The number of alkyl halides is 5. The van der Waals surface area contributed by atoms with Gasteiger partial charge in [-0.15, -0.1) is 0 Å². The molecule has 3 aromatic rings. The molecular formula is C18H12F5NO2. The number of aliphatic hydroxyl groups excluding tert-OH is 1. The van der Waals surface area contributed by atoms with Gasteiger partial charge in [-0.3, -0.25) is 0 Å². The van der Waals surface area contributed by atoms with Gasteiger partial charge in [-0.2, -0.15) is 22.0 Å². The molecule has 3 rings (SSSR count). The third-order valence-corrected chi connectivity index (χ3v) is 3.81. The first-order valence-corrected chi connectivity index (χ1v) is 7.45. The molecule has 0 radical (unpaired) electrons. The molecule has 0 bridgehead atoms. The summed E-state index contributed by atoms with van der Waals surface area (Å²) < 4.78 is 71.3. The average molecular weight is 369 g/mol. The first-order valence-electron chi connectivity index (χ1n) is 7.45. The molecule has 1 unspecified atom stereocenters. The van der Waals surface area contributed by atoms with E-state index in [0.29, 0.717) is 17.7 Å². The molecule has 8 heteroatoms. The van der Waals surface area contributed by atoms with Crippen molar-refractivity contribution in [2.24, 2.45) is 0 Å². The van der Waals surface area contributed by atoms with Crippen LogP contribution < -0.4 is 0 Å². The van der Waals surface area contributed by atoms with Gasteiger partial charge in [0.15, 0.2) is 6.10 Å². The van der Waals surface area contributed by atoms with Crippen molar-refractivity contribution < 1.29 is 31.6 Å². The van der Waals surface area contributed by atoms with Crippen LogP contribution in [0.1, 0.15) is 23.0 Å². The van der Waals surface area contributed by atoms with E-state index < -0.39 is 29.5 Å². The van der Waals surface area contributed by atoms with Gasteiger partial charge in [-0.1, -0.05) is 47.6 Å². The largest absolute Gasteiger partial charge is 0.416 e. The second-order valence-corrected chi connectivity index (χ2v) is 5.59. The average Bonchev–Trinajstić information content (AvgIpc) is 3.12. The summed E-state index contributed by atoms with van der Waals surface area (Å²) >= 11 is 0. The van der Waals surface area contributed by atoms with Crippen LogP contribution in [0.4, 0.5) is 22.0 Å². The van der Waals surface area contributed by atoms with Gasteiger partial charge >= 0.3 is 12.1 Å². The van der Waals surface area contributed by atoms with E-state index in [0.717, 1.165) is 18.2 Å². The minimum absolute atomic E-state index is 0.153. The van der Waals surface area contributed by atoms with Crippen molar-refractivity contribution in [1.82, 2.24) is 5.16 Å². The predicted molar refractivity (Wildman–Crippen MR) is 82.2 cm³/mol. The van der Waals surface area contributed by atoms with Crippen LogP contribution in [-0.2, 0) is 12.1 Å². The first kappa shape index (κ1) is 18.1. The Balaban J connectivity index is 1.87. The highest BCUT2D eigenvalue weighted by Crippen LogP contribution is 2.42. The lowest BCUT2D eigenvalue weighted by Gasteiger charge is -2.20. The van der Waals surface area contributed by atoms with Crippen LogP contribution in [0.5, 0.6) is 0 Å². The van der Waals surface area contributed by atoms with Crippen LogP contribution in [0.2, 0.25) is 0 Å². The zero-order valence-electron chi connectivity index (χ0n) is 13.0. The molecule has 1 heterocycles. The maximum Gasteiger partial charge on any atom is 0.416 e. The van der Waals surface area contributed by atoms with Crippen LogP contribution in [0.15, 0.2) is 65.2 Å². The zero-order chi connectivity index (χ0) is 18.9. The minimum atomic E-state index is -4.60. The second-order valence-electron chi connectivity index (χ2n) is 5.59. The highest BCUT2D eigenvalue weighted by Gasteiger charge is 2.45. The Morgan fingerprint density at radius 2 is 1.50 bits per heavy atom. The van der Waals surface area contributed by atoms with E-state index in [1.165, 1.54) is 0 Å². The van der Waals surface area contributed by atoms with Crippen molar-refractivity contribution in [3.63, 3.8) is 0 Å². The Morgan fingerprint density at radius 1 is 0.885 bits per heavy atom. The SMILES string of the molecule is OC(c1ccc(C(F)(F)F)cc1)C(F)(F)c1cc(-c2ccccc2)no1. The van der Waals surface area contributed by atoms with Crippen molar-refractivity contribution in [2.45, 2.75) is 18.2 Å². The van der Waals surface area contributed by atoms with Gasteiger partial charge in [0.1, 0.15) is 5.69 Å². The molecule has 1 atom stereocenters. The fraction of sp³-hybridized carbons (Fsp3) is 0.167. The van der Waals surface area contributed by atoms with Gasteiger partial charge in [-0.25, -0.2) is 0 Å². The van der Waals surface area contributed by atoms with E-state index in [4.69, 9.17) is 0 Å². The van der Waals surface area contributed by atoms with Crippen LogP contribution >= 0.6 is 0 Å². The quantitative estimate of drug-likeness (QED) is 0.644. The summed E-state index contributed by atoms with van der Waals surface area (Å²) in [4.78, 5) is 0. The minimum Gasteiger partial charge on any atom is -0.382 e. The summed E-state index contributed by atoms with van der Waals surface area (Å²) in [6.45, 7) is 0. The number of aliphatic hydroxyl groups is 1. The second kappa shape index (κ2) is 6.53. The van der Waals surface area contributed by atoms with Gasteiger partial charge in [-0.05, 0) is 17.7 Å². The van der Waals surface area contributed by atoms with E-state index in [1.54, 1.807) is 30.3 Å². The molecule has 0 saturated heterocycles. The molecule has 0 aliphatic rings. The lowest BCUT2D eigenvalue weighted by molar-refractivity contribution is -0.138. The molecule has 136 valence electrons. The van der Waals surface area contributed by atoms with Crippen LogP contribution in [0, 0.1) is 0 Å². The molecule has 0 fully saturated rings. The van der Waals surface area contributed by atoms with Gasteiger partial charge in [0.05, 0.1) is 5.56 Å². The topological polar surface area (TPSA) is 46.3 Å². The summed E-state index contributed by atoms with van der Waals surface area (Å²) in [6.07, 6.45) is -6.98. The summed E-state index contributed by atoms with van der Waals surface area (Å²) in [5.41, 5.74) is -0.675. The number of hydrogen-bond donors (Lipinski definition) is 1. The Morgan fingerprint density at radius 3 is 2.08 bits per heavy atom. The summed E-state index contributed by atoms with van der Waals surface area (Å²) in [5, 5.41) is 13.5. The Kier molecular flexibility index (Phi) is 4.53. The predicted octanol–water partition coefficient (Wildman–Crippen LogP) is 5.19. The third kappa shape index (κ3) is 3.45. The summed E-state index contributed by atoms with van der Waals surface area (Å²) in [7, 11) is 0. The molecule has 0 spiro atoms. The maximum atomic E-state index is 14.5. The van der Waals surface area contributed by atoms with E-state index >= 15 is 0 Å². The third-order valence-electron chi connectivity index (χ3n) is 3.81. The van der Waals surface area contributed by atoms with Crippen LogP contribution in [-0.4, -0.2) is 10.3 Å². The molecule has 0 amide bonds. The summed E-state index contributed by atoms with van der Waals surface area (Å²) in [6, 6.07) is 12.3. The first-order chi connectivity index (χ1) is 12.2. The van der Waals surface area contributed by atoms with E-state index in [2.05, 4.69) is 9.68 Å². The molecule has 3 nitrogen and oxygen atoms in total. The fourth-order valence-electron chi connectivity index (χ4n) is 2.38. The number of hydrogen-bond acceptors (Lipinski definition) is 3. The Bertz CT molecular complexity index is 873. The number of benzene rings is 2. The smallest absolute Gasteiger partial charge is 0.382 e. The molecule has 2 aromatic carbocycles. The van der Waals surface area contributed by atoms with E-state index in [-0.39, 0.29) is 11.3 Å². The Labute approximate surface area is 144 Å². The number of rotatable bonds is 4.